The normalized spacial score (nSPS) is 12.7. The van der Waals surface area contributed by atoms with Crippen molar-refractivity contribution in [3.05, 3.63) is 52.3 Å². The number of nitrogens with zero attached hydrogens (tertiary/aromatic N) is 1. The van der Waals surface area contributed by atoms with Crippen LogP contribution in [0.25, 0.3) is 22.0 Å². The average molecular weight is 452 g/mol. The van der Waals surface area contributed by atoms with Gasteiger partial charge in [-0.25, -0.2) is 0 Å². The molecule has 0 aliphatic carbocycles. The molecule has 1 aliphatic rings. The van der Waals surface area contributed by atoms with E-state index in [2.05, 4.69) is 0 Å². The molecule has 4 rings (SSSR count). The first kappa shape index (κ1) is 22.7. The third-order valence-electron chi connectivity index (χ3n) is 5.67. The van der Waals surface area contributed by atoms with E-state index >= 15 is 0 Å². The van der Waals surface area contributed by atoms with Gasteiger partial charge in [0.15, 0.2) is 5.43 Å². The lowest BCUT2D eigenvalue weighted by Crippen LogP contribution is -2.21. The summed E-state index contributed by atoms with van der Waals surface area (Å²) in [5.74, 6) is 1.53. The van der Waals surface area contributed by atoms with Crippen molar-refractivity contribution in [1.29, 1.82) is 0 Å². The molecule has 0 radical (unpaired) electrons. The van der Waals surface area contributed by atoms with E-state index in [4.69, 9.17) is 18.9 Å². The summed E-state index contributed by atoms with van der Waals surface area (Å²) in [6, 6.07) is 9.16. The molecule has 1 aliphatic heterocycles. The molecule has 33 heavy (non-hydrogen) atoms. The lowest BCUT2D eigenvalue weighted by atomic mass is 9.96. The van der Waals surface area contributed by atoms with Crippen LogP contribution in [0.5, 0.6) is 17.2 Å². The van der Waals surface area contributed by atoms with Crippen molar-refractivity contribution in [2.75, 3.05) is 26.9 Å². The van der Waals surface area contributed by atoms with Gasteiger partial charge in [0, 0.05) is 23.4 Å². The SMILES string of the molecule is CCCOc1cc2c(c3c(=O)c(-c4ccc(OC)cc4)cn(CC(=O)OCC)c13)CCCO2. The number of fused-ring (bicyclic) bond motifs is 3. The first-order chi connectivity index (χ1) is 16.1. The number of carbonyl (C=O) groups is 1. The Kier molecular flexibility index (Phi) is 6.87. The Morgan fingerprint density at radius 3 is 2.67 bits per heavy atom. The average Bonchev–Trinajstić information content (AvgIpc) is 2.84. The lowest BCUT2D eigenvalue weighted by Gasteiger charge is -2.23. The Labute approximate surface area is 192 Å². The predicted molar refractivity (Wildman–Crippen MR) is 126 cm³/mol. The summed E-state index contributed by atoms with van der Waals surface area (Å²) in [5, 5.41) is 0.538. The second-order valence-electron chi connectivity index (χ2n) is 7.91. The van der Waals surface area contributed by atoms with E-state index in [1.54, 1.807) is 24.8 Å². The molecule has 3 aromatic rings. The summed E-state index contributed by atoms with van der Waals surface area (Å²) in [6.45, 7) is 5.13. The minimum Gasteiger partial charge on any atom is -0.497 e. The summed E-state index contributed by atoms with van der Waals surface area (Å²) >= 11 is 0. The second kappa shape index (κ2) is 9.98. The smallest absolute Gasteiger partial charge is 0.325 e. The van der Waals surface area contributed by atoms with E-state index in [0.29, 0.717) is 46.9 Å². The molecule has 0 saturated carbocycles. The Bertz CT molecular complexity index is 1210. The van der Waals surface area contributed by atoms with E-state index in [9.17, 15) is 9.59 Å². The minimum absolute atomic E-state index is 0.0318. The predicted octanol–water partition coefficient (Wildman–Crippen LogP) is 4.35. The van der Waals surface area contributed by atoms with E-state index in [1.165, 1.54) is 0 Å². The van der Waals surface area contributed by atoms with Crippen LogP contribution in [-0.2, 0) is 22.5 Å². The van der Waals surface area contributed by atoms with Gasteiger partial charge in [0.2, 0.25) is 0 Å². The van der Waals surface area contributed by atoms with Crippen LogP contribution < -0.4 is 19.6 Å². The Morgan fingerprint density at radius 1 is 1.18 bits per heavy atom. The van der Waals surface area contributed by atoms with E-state index in [-0.39, 0.29) is 24.5 Å². The molecule has 0 amide bonds. The van der Waals surface area contributed by atoms with Crippen molar-refractivity contribution in [2.45, 2.75) is 39.7 Å². The number of ether oxygens (including phenoxy) is 4. The molecule has 2 heterocycles. The topological polar surface area (TPSA) is 76.0 Å². The molecule has 174 valence electrons. The molecule has 7 heteroatoms. The highest BCUT2D eigenvalue weighted by Gasteiger charge is 2.24. The van der Waals surface area contributed by atoms with Gasteiger partial charge in [0.25, 0.3) is 0 Å². The van der Waals surface area contributed by atoms with Crippen molar-refractivity contribution >= 4 is 16.9 Å². The number of methoxy groups -OCH3 is 1. The molecule has 1 aromatic heterocycles. The van der Waals surface area contributed by atoms with Gasteiger partial charge in [-0.15, -0.1) is 0 Å². The molecule has 0 bridgehead atoms. The largest absolute Gasteiger partial charge is 0.497 e. The number of benzene rings is 2. The Balaban J connectivity index is 2.02. The van der Waals surface area contributed by atoms with E-state index in [0.717, 1.165) is 30.4 Å². The van der Waals surface area contributed by atoms with Gasteiger partial charge >= 0.3 is 5.97 Å². The fourth-order valence-corrected chi connectivity index (χ4v) is 4.18. The minimum atomic E-state index is -0.376. The van der Waals surface area contributed by atoms with Crippen LogP contribution in [0.3, 0.4) is 0 Å². The van der Waals surface area contributed by atoms with Gasteiger partial charge in [0.1, 0.15) is 23.8 Å². The molecule has 7 nitrogen and oxygen atoms in total. The van der Waals surface area contributed by atoms with Crippen LogP contribution in [-0.4, -0.2) is 37.5 Å². The molecule has 0 atom stereocenters. The molecular weight excluding hydrogens is 422 g/mol. The third kappa shape index (κ3) is 4.53. The first-order valence-corrected chi connectivity index (χ1v) is 11.4. The maximum atomic E-state index is 13.9. The van der Waals surface area contributed by atoms with Crippen LogP contribution >= 0.6 is 0 Å². The summed E-state index contributed by atoms with van der Waals surface area (Å²) in [4.78, 5) is 26.4. The molecule has 0 spiro atoms. The Hall–Kier alpha value is -3.48. The second-order valence-corrected chi connectivity index (χ2v) is 7.91. The lowest BCUT2D eigenvalue weighted by molar-refractivity contribution is -0.143. The number of hydrogen-bond acceptors (Lipinski definition) is 6. The summed E-state index contributed by atoms with van der Waals surface area (Å²) < 4.78 is 24.2. The van der Waals surface area contributed by atoms with Crippen LogP contribution in [0.4, 0.5) is 0 Å². The highest BCUT2D eigenvalue weighted by atomic mass is 16.5. The van der Waals surface area contributed by atoms with E-state index in [1.807, 2.05) is 37.3 Å². The van der Waals surface area contributed by atoms with E-state index < -0.39 is 0 Å². The van der Waals surface area contributed by atoms with Crippen molar-refractivity contribution in [3.8, 4) is 28.4 Å². The highest BCUT2D eigenvalue weighted by Crippen LogP contribution is 2.38. The summed E-state index contributed by atoms with van der Waals surface area (Å²) in [6.07, 6.45) is 4.08. The van der Waals surface area contributed by atoms with Crippen molar-refractivity contribution in [2.24, 2.45) is 0 Å². The van der Waals surface area contributed by atoms with Crippen molar-refractivity contribution in [1.82, 2.24) is 4.57 Å². The van der Waals surface area contributed by atoms with Crippen molar-refractivity contribution < 1.29 is 23.7 Å². The van der Waals surface area contributed by atoms with Gasteiger partial charge in [-0.3, -0.25) is 9.59 Å². The monoisotopic (exact) mass is 451 g/mol. The van der Waals surface area contributed by atoms with Crippen molar-refractivity contribution in [3.63, 3.8) is 0 Å². The number of rotatable bonds is 8. The summed E-state index contributed by atoms with van der Waals surface area (Å²) in [7, 11) is 1.60. The van der Waals surface area contributed by atoms with Gasteiger partial charge in [0.05, 0.1) is 37.8 Å². The third-order valence-corrected chi connectivity index (χ3v) is 5.67. The van der Waals surface area contributed by atoms with Crippen LogP contribution in [0.2, 0.25) is 0 Å². The van der Waals surface area contributed by atoms with Gasteiger partial charge in [-0.1, -0.05) is 19.1 Å². The van der Waals surface area contributed by atoms with Crippen LogP contribution in [0.15, 0.2) is 41.3 Å². The fourth-order valence-electron chi connectivity index (χ4n) is 4.18. The zero-order valence-corrected chi connectivity index (χ0v) is 19.3. The number of aromatic nitrogens is 1. The quantitative estimate of drug-likeness (QED) is 0.474. The summed E-state index contributed by atoms with van der Waals surface area (Å²) in [5.41, 5.74) is 2.58. The first-order valence-electron chi connectivity index (χ1n) is 11.4. The highest BCUT2D eigenvalue weighted by molar-refractivity contribution is 5.94. The van der Waals surface area contributed by atoms with Crippen LogP contribution in [0.1, 0.15) is 32.3 Å². The van der Waals surface area contributed by atoms with Crippen LogP contribution in [0, 0.1) is 0 Å². The molecule has 0 fully saturated rings. The maximum absolute atomic E-state index is 13.9. The maximum Gasteiger partial charge on any atom is 0.325 e. The molecule has 0 saturated heterocycles. The number of esters is 1. The number of hydrogen-bond donors (Lipinski definition) is 0. The standard InChI is InChI=1S/C26H29NO6/c1-4-12-32-22-14-21-19(7-6-13-33-21)24-25(22)27(16-23(28)31-5-2)15-20(26(24)29)17-8-10-18(30-3)11-9-17/h8-11,14-15H,4-7,12-13,16H2,1-3H3. The molecule has 0 N–H and O–H groups in total. The number of aryl methyl sites for hydroxylation is 1. The Morgan fingerprint density at radius 2 is 1.97 bits per heavy atom. The molecular formula is C26H29NO6. The zero-order valence-electron chi connectivity index (χ0n) is 19.3. The number of carbonyl (C=O) groups excluding carboxylic acids is 1. The molecule has 2 aromatic carbocycles. The zero-order chi connectivity index (χ0) is 23.4. The number of pyridine rings is 1. The van der Waals surface area contributed by atoms with Gasteiger partial charge < -0.3 is 23.5 Å². The molecule has 0 unspecified atom stereocenters. The van der Waals surface area contributed by atoms with Gasteiger partial charge in [-0.2, -0.15) is 0 Å². The fraction of sp³-hybridized carbons (Fsp3) is 0.385. The van der Waals surface area contributed by atoms with Gasteiger partial charge in [-0.05, 0) is 43.9 Å².